The molecule has 0 bridgehead atoms. The first kappa shape index (κ1) is 17.5. The van der Waals surface area contributed by atoms with Gasteiger partial charge in [0, 0.05) is 5.92 Å². The molecule has 0 spiro atoms. The molecule has 0 aliphatic rings. The summed E-state index contributed by atoms with van der Waals surface area (Å²) in [5.41, 5.74) is 5.41. The molecule has 2 amide bonds. The highest BCUT2D eigenvalue weighted by Crippen LogP contribution is 2.04. The van der Waals surface area contributed by atoms with Gasteiger partial charge in [-0.2, -0.15) is 0 Å². The van der Waals surface area contributed by atoms with Crippen molar-refractivity contribution in [2.24, 2.45) is 11.7 Å². The first-order valence-corrected chi connectivity index (χ1v) is 6.27. The SMILES string of the molecule is CC(C)C(=O)[C@H](CCN)NC(=O)[C@@H](NC=O)[C@H](C)O. The van der Waals surface area contributed by atoms with Crippen LogP contribution in [0.5, 0.6) is 0 Å². The Morgan fingerprint density at radius 2 is 1.89 bits per heavy atom. The third-order valence-corrected chi connectivity index (χ3v) is 2.70. The summed E-state index contributed by atoms with van der Waals surface area (Å²) in [6, 6.07) is -1.79. The molecule has 0 rings (SSSR count). The van der Waals surface area contributed by atoms with Gasteiger partial charge in [0.2, 0.25) is 12.3 Å². The minimum atomic E-state index is -1.09. The lowest BCUT2D eigenvalue weighted by Gasteiger charge is -2.23. The van der Waals surface area contributed by atoms with Gasteiger partial charge in [0.05, 0.1) is 12.1 Å². The molecule has 0 fully saturated rings. The molecule has 0 aromatic carbocycles. The van der Waals surface area contributed by atoms with Gasteiger partial charge in [0.15, 0.2) is 5.78 Å². The van der Waals surface area contributed by atoms with Crippen LogP contribution >= 0.6 is 0 Å². The van der Waals surface area contributed by atoms with Gasteiger partial charge in [-0.05, 0) is 19.9 Å². The van der Waals surface area contributed by atoms with Crippen LogP contribution in [0.25, 0.3) is 0 Å². The van der Waals surface area contributed by atoms with Crippen LogP contribution < -0.4 is 16.4 Å². The minimum Gasteiger partial charge on any atom is -0.391 e. The van der Waals surface area contributed by atoms with Crippen molar-refractivity contribution in [2.75, 3.05) is 6.54 Å². The number of nitrogens with two attached hydrogens (primary N) is 1. The van der Waals surface area contributed by atoms with E-state index in [1.807, 2.05) is 0 Å². The van der Waals surface area contributed by atoms with E-state index in [0.29, 0.717) is 12.8 Å². The number of carbonyl (C=O) groups is 3. The van der Waals surface area contributed by atoms with E-state index >= 15 is 0 Å². The van der Waals surface area contributed by atoms with E-state index in [4.69, 9.17) is 5.73 Å². The van der Waals surface area contributed by atoms with Crippen molar-refractivity contribution in [3.05, 3.63) is 0 Å². The van der Waals surface area contributed by atoms with Crippen molar-refractivity contribution in [3.63, 3.8) is 0 Å². The Hall–Kier alpha value is -1.47. The maximum Gasteiger partial charge on any atom is 0.245 e. The number of Topliss-reactive ketones (excluding diaryl/α,β-unsaturated/α-hetero) is 1. The number of hydrogen-bond donors (Lipinski definition) is 4. The molecule has 0 aromatic heterocycles. The summed E-state index contributed by atoms with van der Waals surface area (Å²) in [4.78, 5) is 34.2. The molecular weight excluding hydrogens is 250 g/mol. The average Bonchev–Trinajstić information content (AvgIpc) is 2.33. The molecular formula is C12H23N3O4. The lowest BCUT2D eigenvalue weighted by Crippen LogP contribution is -2.54. The molecule has 5 N–H and O–H groups in total. The second-order valence-electron chi connectivity index (χ2n) is 4.70. The van der Waals surface area contributed by atoms with Gasteiger partial charge in [0.1, 0.15) is 6.04 Å². The standard InChI is InChI=1S/C12H23N3O4/c1-7(2)11(18)9(4-5-13)15-12(19)10(8(3)17)14-6-16/h6-10,17H,4-5,13H2,1-3H3,(H,14,16)(H,15,19)/t8-,9-,10-/m0/s1. The van der Waals surface area contributed by atoms with Gasteiger partial charge in [-0.15, -0.1) is 0 Å². The van der Waals surface area contributed by atoms with E-state index in [2.05, 4.69) is 10.6 Å². The first-order chi connectivity index (χ1) is 8.84. The number of ketones is 1. The molecule has 0 aliphatic heterocycles. The normalized spacial score (nSPS) is 15.5. The number of aliphatic hydroxyl groups excluding tert-OH is 1. The van der Waals surface area contributed by atoms with Crippen LogP contribution in [-0.2, 0) is 14.4 Å². The highest BCUT2D eigenvalue weighted by molar-refractivity contribution is 5.92. The monoisotopic (exact) mass is 273 g/mol. The Morgan fingerprint density at radius 3 is 2.26 bits per heavy atom. The maximum absolute atomic E-state index is 11.9. The van der Waals surface area contributed by atoms with Crippen LogP contribution in [0.2, 0.25) is 0 Å². The van der Waals surface area contributed by atoms with E-state index < -0.39 is 24.1 Å². The zero-order valence-electron chi connectivity index (χ0n) is 11.6. The fourth-order valence-corrected chi connectivity index (χ4v) is 1.62. The molecule has 7 nitrogen and oxygen atoms in total. The van der Waals surface area contributed by atoms with Crippen molar-refractivity contribution >= 4 is 18.1 Å². The van der Waals surface area contributed by atoms with Crippen LogP contribution in [-0.4, -0.2) is 47.9 Å². The number of carbonyl (C=O) groups excluding carboxylic acids is 3. The quantitative estimate of drug-likeness (QED) is 0.383. The van der Waals surface area contributed by atoms with Gasteiger partial charge < -0.3 is 21.5 Å². The molecule has 3 atom stereocenters. The van der Waals surface area contributed by atoms with E-state index in [9.17, 15) is 19.5 Å². The highest BCUT2D eigenvalue weighted by Gasteiger charge is 2.28. The summed E-state index contributed by atoms with van der Waals surface area (Å²) >= 11 is 0. The predicted molar refractivity (Wildman–Crippen MR) is 70.1 cm³/mol. The van der Waals surface area contributed by atoms with E-state index in [1.165, 1.54) is 6.92 Å². The Labute approximate surface area is 112 Å². The molecule has 0 aliphatic carbocycles. The smallest absolute Gasteiger partial charge is 0.245 e. The Morgan fingerprint density at radius 1 is 1.32 bits per heavy atom. The van der Waals surface area contributed by atoms with Crippen molar-refractivity contribution in [2.45, 2.75) is 45.4 Å². The summed E-state index contributed by atoms with van der Waals surface area (Å²) in [6.07, 6.45) is -0.409. The lowest BCUT2D eigenvalue weighted by atomic mass is 9.98. The van der Waals surface area contributed by atoms with E-state index in [0.717, 1.165) is 0 Å². The number of nitrogens with one attached hydrogen (secondary N) is 2. The number of amides is 2. The van der Waals surface area contributed by atoms with Gasteiger partial charge in [0.25, 0.3) is 0 Å². The molecule has 7 heteroatoms. The minimum absolute atomic E-state index is 0.130. The fraction of sp³-hybridized carbons (Fsp3) is 0.750. The van der Waals surface area contributed by atoms with Gasteiger partial charge in [-0.1, -0.05) is 13.8 Å². The summed E-state index contributed by atoms with van der Waals surface area (Å²) in [7, 11) is 0. The third-order valence-electron chi connectivity index (χ3n) is 2.70. The topological polar surface area (TPSA) is 122 Å². The number of aliphatic hydroxyl groups is 1. The van der Waals surface area contributed by atoms with Crippen molar-refractivity contribution in [1.29, 1.82) is 0 Å². The van der Waals surface area contributed by atoms with Crippen LogP contribution in [0.1, 0.15) is 27.2 Å². The first-order valence-electron chi connectivity index (χ1n) is 6.27. The second-order valence-corrected chi connectivity index (χ2v) is 4.70. The highest BCUT2D eigenvalue weighted by atomic mass is 16.3. The summed E-state index contributed by atoms with van der Waals surface area (Å²) < 4.78 is 0. The zero-order valence-corrected chi connectivity index (χ0v) is 11.6. The van der Waals surface area contributed by atoms with Crippen LogP contribution in [0.3, 0.4) is 0 Å². The lowest BCUT2D eigenvalue weighted by molar-refractivity contribution is -0.132. The molecule has 0 aromatic rings. The van der Waals surface area contributed by atoms with Gasteiger partial charge in [-0.25, -0.2) is 0 Å². The fourth-order valence-electron chi connectivity index (χ4n) is 1.62. The third kappa shape index (κ3) is 5.80. The van der Waals surface area contributed by atoms with Crippen molar-refractivity contribution < 1.29 is 19.5 Å². The second kappa shape index (κ2) is 8.60. The van der Waals surface area contributed by atoms with Crippen molar-refractivity contribution in [1.82, 2.24) is 10.6 Å². The summed E-state index contributed by atoms with van der Waals surface area (Å²) in [5, 5.41) is 14.1. The molecule has 19 heavy (non-hydrogen) atoms. The predicted octanol–water partition coefficient (Wildman–Crippen LogP) is -1.46. The van der Waals surface area contributed by atoms with Crippen LogP contribution in [0.4, 0.5) is 0 Å². The zero-order chi connectivity index (χ0) is 15.0. The van der Waals surface area contributed by atoms with Crippen LogP contribution in [0, 0.1) is 5.92 Å². The van der Waals surface area contributed by atoms with E-state index in [1.54, 1.807) is 13.8 Å². The maximum atomic E-state index is 11.9. The Kier molecular flexibility index (Phi) is 7.94. The Bertz CT molecular complexity index is 318. The number of hydrogen-bond acceptors (Lipinski definition) is 5. The molecule has 0 saturated heterocycles. The summed E-state index contributed by atoms with van der Waals surface area (Å²) in [5.74, 6) is -0.968. The Balaban J connectivity index is 4.77. The van der Waals surface area contributed by atoms with Crippen molar-refractivity contribution in [3.8, 4) is 0 Å². The molecule has 0 heterocycles. The number of rotatable bonds is 9. The summed E-state index contributed by atoms with van der Waals surface area (Å²) in [6.45, 7) is 5.09. The van der Waals surface area contributed by atoms with Gasteiger partial charge in [-0.3, -0.25) is 14.4 Å². The largest absolute Gasteiger partial charge is 0.391 e. The molecule has 0 radical (unpaired) electrons. The molecule has 110 valence electrons. The van der Waals surface area contributed by atoms with Crippen LogP contribution in [0.15, 0.2) is 0 Å². The van der Waals surface area contributed by atoms with Gasteiger partial charge >= 0.3 is 0 Å². The molecule has 0 unspecified atom stereocenters. The molecule has 0 saturated carbocycles. The average molecular weight is 273 g/mol. The van der Waals surface area contributed by atoms with E-state index in [-0.39, 0.29) is 18.2 Å².